The molecule has 122 valence electrons. The summed E-state index contributed by atoms with van der Waals surface area (Å²) < 4.78 is 0. The molecule has 0 spiro atoms. The van der Waals surface area contributed by atoms with Crippen LogP contribution in [0.15, 0.2) is 55.0 Å². The highest BCUT2D eigenvalue weighted by Gasteiger charge is 2.20. The molecule has 0 amide bonds. The molecule has 0 bridgehead atoms. The van der Waals surface area contributed by atoms with Crippen LogP contribution in [0.5, 0.6) is 0 Å². The van der Waals surface area contributed by atoms with Crippen molar-refractivity contribution < 1.29 is 0 Å². The van der Waals surface area contributed by atoms with Crippen molar-refractivity contribution in [3.05, 3.63) is 66.2 Å². The van der Waals surface area contributed by atoms with Crippen molar-refractivity contribution in [2.75, 3.05) is 5.32 Å². The summed E-state index contributed by atoms with van der Waals surface area (Å²) in [5.41, 5.74) is 5.57. The van der Waals surface area contributed by atoms with Crippen LogP contribution in [0, 0.1) is 0 Å². The van der Waals surface area contributed by atoms with Crippen LogP contribution in [0.3, 0.4) is 0 Å². The summed E-state index contributed by atoms with van der Waals surface area (Å²) in [5.74, 6) is 1.68. The van der Waals surface area contributed by atoms with Crippen molar-refractivity contribution in [2.45, 2.75) is 19.3 Å². The third-order valence-electron chi connectivity index (χ3n) is 4.69. The predicted molar refractivity (Wildman–Crippen MR) is 98.9 cm³/mol. The van der Waals surface area contributed by atoms with Gasteiger partial charge in [-0.15, -0.1) is 0 Å². The fourth-order valence-corrected chi connectivity index (χ4v) is 3.43. The SMILES string of the molecule is c1cc(-c2nc3c(c(Nc4ccc5[nH]ccc5c4)n2)CCC3)ccn1. The van der Waals surface area contributed by atoms with Crippen molar-refractivity contribution >= 4 is 22.4 Å². The first kappa shape index (κ1) is 14.2. The van der Waals surface area contributed by atoms with E-state index in [-0.39, 0.29) is 0 Å². The number of hydrogen-bond acceptors (Lipinski definition) is 4. The third kappa shape index (κ3) is 2.54. The van der Waals surface area contributed by atoms with Gasteiger partial charge in [0, 0.05) is 52.0 Å². The van der Waals surface area contributed by atoms with Gasteiger partial charge in [-0.05, 0) is 55.7 Å². The van der Waals surface area contributed by atoms with Gasteiger partial charge in [0.1, 0.15) is 5.82 Å². The summed E-state index contributed by atoms with van der Waals surface area (Å²) >= 11 is 0. The van der Waals surface area contributed by atoms with Crippen LogP contribution < -0.4 is 5.32 Å². The maximum Gasteiger partial charge on any atom is 0.161 e. The minimum atomic E-state index is 0.758. The zero-order valence-electron chi connectivity index (χ0n) is 13.7. The summed E-state index contributed by atoms with van der Waals surface area (Å²) in [7, 11) is 0. The monoisotopic (exact) mass is 327 g/mol. The highest BCUT2D eigenvalue weighted by Crippen LogP contribution is 2.31. The number of anilines is 2. The Hall–Kier alpha value is -3.21. The number of benzene rings is 1. The first-order valence-corrected chi connectivity index (χ1v) is 8.51. The van der Waals surface area contributed by atoms with Crippen LogP contribution in [0.2, 0.25) is 0 Å². The number of aromatic nitrogens is 4. The van der Waals surface area contributed by atoms with E-state index in [1.54, 1.807) is 12.4 Å². The van der Waals surface area contributed by atoms with Crippen LogP contribution in [-0.4, -0.2) is 19.9 Å². The molecule has 0 radical (unpaired) electrons. The Bertz CT molecular complexity index is 1050. The molecular formula is C20H17N5. The predicted octanol–water partition coefficient (Wildman–Crippen LogP) is 4.25. The fourth-order valence-electron chi connectivity index (χ4n) is 3.43. The Morgan fingerprint density at radius 1 is 0.960 bits per heavy atom. The molecule has 0 saturated carbocycles. The summed E-state index contributed by atoms with van der Waals surface area (Å²) in [6.07, 6.45) is 8.69. The molecule has 5 rings (SSSR count). The quantitative estimate of drug-likeness (QED) is 0.590. The molecule has 0 fully saturated rings. The molecule has 5 heteroatoms. The molecule has 1 aliphatic rings. The van der Waals surface area contributed by atoms with Gasteiger partial charge in [0.15, 0.2) is 5.82 Å². The Labute approximate surface area is 145 Å². The molecular weight excluding hydrogens is 310 g/mol. The molecule has 0 unspecified atom stereocenters. The Morgan fingerprint density at radius 3 is 2.80 bits per heavy atom. The molecule has 1 aromatic carbocycles. The molecule has 0 saturated heterocycles. The van der Waals surface area contributed by atoms with Crippen LogP contribution in [0.1, 0.15) is 17.7 Å². The number of aromatic amines is 1. The number of nitrogens with one attached hydrogen (secondary N) is 2. The third-order valence-corrected chi connectivity index (χ3v) is 4.69. The summed E-state index contributed by atoms with van der Waals surface area (Å²) in [6, 6.07) is 12.3. The lowest BCUT2D eigenvalue weighted by atomic mass is 10.2. The zero-order valence-corrected chi connectivity index (χ0v) is 13.7. The van der Waals surface area contributed by atoms with Gasteiger partial charge < -0.3 is 10.3 Å². The van der Waals surface area contributed by atoms with Crippen LogP contribution in [0.4, 0.5) is 11.5 Å². The van der Waals surface area contributed by atoms with Gasteiger partial charge in [-0.1, -0.05) is 0 Å². The summed E-state index contributed by atoms with van der Waals surface area (Å²) in [6.45, 7) is 0. The second-order valence-corrected chi connectivity index (χ2v) is 6.32. The minimum Gasteiger partial charge on any atom is -0.361 e. The highest BCUT2D eigenvalue weighted by atomic mass is 15.0. The standard InChI is InChI=1S/C20H17N5/c1-2-16-18(3-1)24-19(13-6-9-21-10-7-13)25-20(16)23-15-4-5-17-14(12-15)8-11-22-17/h4-12,22H,1-3H2,(H,23,24,25). The van der Waals surface area contributed by atoms with Crippen molar-refractivity contribution in [1.82, 2.24) is 19.9 Å². The van der Waals surface area contributed by atoms with E-state index in [4.69, 9.17) is 9.97 Å². The van der Waals surface area contributed by atoms with Crippen LogP contribution in [-0.2, 0) is 12.8 Å². The molecule has 0 aliphatic heterocycles. The molecule has 1 aliphatic carbocycles. The van der Waals surface area contributed by atoms with Crippen LogP contribution >= 0.6 is 0 Å². The summed E-state index contributed by atoms with van der Waals surface area (Å²) in [4.78, 5) is 16.9. The molecule has 3 aromatic heterocycles. The lowest BCUT2D eigenvalue weighted by molar-refractivity contribution is 0.900. The fraction of sp³-hybridized carbons (Fsp3) is 0.150. The Kier molecular flexibility index (Phi) is 3.23. The van der Waals surface area contributed by atoms with Gasteiger partial charge in [-0.2, -0.15) is 0 Å². The molecule has 2 N–H and O–H groups in total. The van der Waals surface area contributed by atoms with E-state index in [9.17, 15) is 0 Å². The molecule has 3 heterocycles. The summed E-state index contributed by atoms with van der Waals surface area (Å²) in [5, 5.41) is 4.70. The smallest absolute Gasteiger partial charge is 0.161 e. The zero-order chi connectivity index (χ0) is 16.6. The first-order chi connectivity index (χ1) is 12.4. The number of rotatable bonds is 3. The number of hydrogen-bond donors (Lipinski definition) is 2. The van der Waals surface area contributed by atoms with Gasteiger partial charge in [-0.25, -0.2) is 9.97 Å². The molecule has 25 heavy (non-hydrogen) atoms. The van der Waals surface area contributed by atoms with Crippen molar-refractivity contribution in [3.63, 3.8) is 0 Å². The van der Waals surface area contributed by atoms with E-state index < -0.39 is 0 Å². The molecule has 5 nitrogen and oxygen atoms in total. The Balaban J connectivity index is 1.58. The van der Waals surface area contributed by atoms with E-state index in [1.165, 1.54) is 10.9 Å². The number of fused-ring (bicyclic) bond motifs is 2. The first-order valence-electron chi connectivity index (χ1n) is 8.51. The van der Waals surface area contributed by atoms with Crippen LogP contribution in [0.25, 0.3) is 22.3 Å². The van der Waals surface area contributed by atoms with Gasteiger partial charge in [0.05, 0.1) is 0 Å². The lowest BCUT2D eigenvalue weighted by Gasteiger charge is -2.12. The topological polar surface area (TPSA) is 66.5 Å². The molecule has 0 atom stereocenters. The van der Waals surface area contributed by atoms with E-state index in [1.807, 2.05) is 18.3 Å². The second kappa shape index (κ2) is 5.70. The molecule has 4 aromatic rings. The van der Waals surface area contributed by atoms with Gasteiger partial charge >= 0.3 is 0 Å². The van der Waals surface area contributed by atoms with Gasteiger partial charge in [-0.3, -0.25) is 4.98 Å². The number of pyridine rings is 1. The Morgan fingerprint density at radius 2 is 1.88 bits per heavy atom. The van der Waals surface area contributed by atoms with E-state index in [0.29, 0.717) is 0 Å². The minimum absolute atomic E-state index is 0.758. The normalized spacial score (nSPS) is 13.1. The van der Waals surface area contributed by atoms with E-state index in [2.05, 4.69) is 39.6 Å². The van der Waals surface area contributed by atoms with Crippen molar-refractivity contribution in [1.29, 1.82) is 0 Å². The lowest BCUT2D eigenvalue weighted by Crippen LogP contribution is -2.03. The average molecular weight is 327 g/mol. The van der Waals surface area contributed by atoms with E-state index in [0.717, 1.165) is 53.4 Å². The second-order valence-electron chi connectivity index (χ2n) is 6.32. The van der Waals surface area contributed by atoms with Gasteiger partial charge in [0.2, 0.25) is 0 Å². The van der Waals surface area contributed by atoms with Crippen molar-refractivity contribution in [2.24, 2.45) is 0 Å². The van der Waals surface area contributed by atoms with E-state index >= 15 is 0 Å². The number of nitrogens with zero attached hydrogens (tertiary/aromatic N) is 3. The maximum atomic E-state index is 4.82. The largest absolute Gasteiger partial charge is 0.361 e. The average Bonchev–Trinajstić information content (AvgIpc) is 3.31. The number of aryl methyl sites for hydroxylation is 1. The highest BCUT2D eigenvalue weighted by molar-refractivity contribution is 5.84. The van der Waals surface area contributed by atoms with Gasteiger partial charge in [0.25, 0.3) is 0 Å². The van der Waals surface area contributed by atoms with Crippen molar-refractivity contribution in [3.8, 4) is 11.4 Å². The number of H-pyrrole nitrogens is 1. The maximum absolute atomic E-state index is 4.82.